The molecule has 0 aliphatic carbocycles. The second-order valence-corrected chi connectivity index (χ2v) is 5.81. The third kappa shape index (κ3) is 3.07. The molecule has 1 aromatic heterocycles. The number of anilines is 2. The minimum Gasteiger partial charge on any atom is -0.467 e. The van der Waals surface area contributed by atoms with E-state index in [4.69, 9.17) is 4.42 Å². The van der Waals surface area contributed by atoms with Gasteiger partial charge in [-0.15, -0.1) is 0 Å². The highest BCUT2D eigenvalue weighted by Gasteiger charge is 2.15. The first-order valence-corrected chi connectivity index (χ1v) is 7.93. The molecule has 3 heteroatoms. The largest absolute Gasteiger partial charge is 0.467 e. The monoisotopic (exact) mass is 284 g/mol. The summed E-state index contributed by atoms with van der Waals surface area (Å²) in [7, 11) is 0. The molecule has 1 unspecified atom stereocenters. The number of nitrogens with zero attached hydrogens (tertiary/aromatic N) is 1. The van der Waals surface area contributed by atoms with Crippen LogP contribution >= 0.6 is 0 Å². The zero-order valence-corrected chi connectivity index (χ0v) is 12.9. The molecule has 3 rings (SSSR count). The third-order valence-corrected chi connectivity index (χ3v) is 4.31. The van der Waals surface area contributed by atoms with E-state index in [2.05, 4.69) is 42.3 Å². The molecule has 0 radical (unpaired) electrons. The maximum absolute atomic E-state index is 5.53. The van der Waals surface area contributed by atoms with Gasteiger partial charge in [0.15, 0.2) is 0 Å². The first-order valence-electron chi connectivity index (χ1n) is 7.93. The molecule has 1 aliphatic rings. The average molecular weight is 284 g/mol. The Labute approximate surface area is 127 Å². The van der Waals surface area contributed by atoms with Crippen LogP contribution in [0.25, 0.3) is 0 Å². The summed E-state index contributed by atoms with van der Waals surface area (Å²) in [5.74, 6) is 1.00. The van der Waals surface area contributed by atoms with Crippen molar-refractivity contribution in [1.82, 2.24) is 0 Å². The van der Waals surface area contributed by atoms with Crippen molar-refractivity contribution in [3.63, 3.8) is 0 Å². The summed E-state index contributed by atoms with van der Waals surface area (Å²) in [6.45, 7) is 6.73. The number of aryl methyl sites for hydroxylation is 1. The zero-order valence-electron chi connectivity index (χ0n) is 12.9. The minimum absolute atomic E-state index is 0.233. The molecule has 0 spiro atoms. The number of nitrogens with one attached hydrogen (secondary N) is 1. The molecule has 1 N–H and O–H groups in total. The Balaban J connectivity index is 1.76. The number of benzene rings is 1. The number of hydrogen-bond donors (Lipinski definition) is 1. The first kappa shape index (κ1) is 14.1. The Kier molecular flexibility index (Phi) is 4.18. The molecule has 1 aromatic carbocycles. The van der Waals surface area contributed by atoms with Crippen LogP contribution in [0.15, 0.2) is 41.0 Å². The summed E-state index contributed by atoms with van der Waals surface area (Å²) >= 11 is 0. The van der Waals surface area contributed by atoms with Crippen molar-refractivity contribution in [1.29, 1.82) is 0 Å². The number of furan rings is 1. The standard InChI is InChI=1S/C18H24N2O/c1-3-16(18-7-6-12-21-18)19-17-9-8-15(13-14(17)2)20-10-4-5-11-20/h6-9,12-13,16,19H,3-5,10-11H2,1-2H3. The zero-order chi connectivity index (χ0) is 14.7. The summed E-state index contributed by atoms with van der Waals surface area (Å²) in [4.78, 5) is 2.47. The van der Waals surface area contributed by atoms with Gasteiger partial charge in [-0.25, -0.2) is 0 Å². The van der Waals surface area contributed by atoms with Crippen LogP contribution in [0.2, 0.25) is 0 Å². The number of hydrogen-bond acceptors (Lipinski definition) is 3. The van der Waals surface area contributed by atoms with Crippen molar-refractivity contribution in [3.8, 4) is 0 Å². The lowest BCUT2D eigenvalue weighted by Crippen LogP contribution is -2.18. The van der Waals surface area contributed by atoms with Gasteiger partial charge in [0.05, 0.1) is 12.3 Å². The van der Waals surface area contributed by atoms with Gasteiger partial charge in [-0.3, -0.25) is 0 Å². The molecule has 21 heavy (non-hydrogen) atoms. The van der Waals surface area contributed by atoms with Crippen LogP contribution in [0.1, 0.15) is 43.6 Å². The van der Waals surface area contributed by atoms with Gasteiger partial charge in [0.1, 0.15) is 5.76 Å². The van der Waals surface area contributed by atoms with E-state index in [1.807, 2.05) is 12.1 Å². The maximum Gasteiger partial charge on any atom is 0.125 e. The Hall–Kier alpha value is -1.90. The van der Waals surface area contributed by atoms with E-state index in [1.54, 1.807) is 6.26 Å². The van der Waals surface area contributed by atoms with Gasteiger partial charge in [-0.2, -0.15) is 0 Å². The summed E-state index contributed by atoms with van der Waals surface area (Å²) in [5.41, 5.74) is 3.84. The van der Waals surface area contributed by atoms with Gasteiger partial charge < -0.3 is 14.6 Å². The molecule has 0 amide bonds. The quantitative estimate of drug-likeness (QED) is 0.858. The van der Waals surface area contributed by atoms with Crippen LogP contribution in [-0.2, 0) is 0 Å². The predicted octanol–water partition coefficient (Wildman–Crippen LogP) is 4.75. The summed E-state index contributed by atoms with van der Waals surface area (Å²) in [6, 6.07) is 10.9. The molecule has 2 aromatic rings. The normalized spacial score (nSPS) is 16.2. The van der Waals surface area contributed by atoms with E-state index in [1.165, 1.54) is 42.9 Å². The maximum atomic E-state index is 5.53. The number of rotatable bonds is 5. The molecule has 1 aliphatic heterocycles. The van der Waals surface area contributed by atoms with Crippen LogP contribution < -0.4 is 10.2 Å². The smallest absolute Gasteiger partial charge is 0.125 e. The molecule has 112 valence electrons. The third-order valence-electron chi connectivity index (χ3n) is 4.31. The van der Waals surface area contributed by atoms with E-state index in [0.717, 1.165) is 12.2 Å². The molecule has 1 saturated heterocycles. The summed E-state index contributed by atoms with van der Waals surface area (Å²) in [5, 5.41) is 3.60. The second kappa shape index (κ2) is 6.25. The van der Waals surface area contributed by atoms with Crippen molar-refractivity contribution in [3.05, 3.63) is 47.9 Å². The van der Waals surface area contributed by atoms with Gasteiger partial charge >= 0.3 is 0 Å². The fourth-order valence-corrected chi connectivity index (χ4v) is 3.03. The topological polar surface area (TPSA) is 28.4 Å². The highest BCUT2D eigenvalue weighted by molar-refractivity contribution is 5.61. The molecule has 1 atom stereocenters. The van der Waals surface area contributed by atoms with Crippen LogP contribution in [0.3, 0.4) is 0 Å². The Bertz CT molecular complexity index is 571. The molecule has 2 heterocycles. The fourth-order valence-electron chi connectivity index (χ4n) is 3.03. The molecule has 0 saturated carbocycles. The molecular formula is C18H24N2O. The summed E-state index contributed by atoms with van der Waals surface area (Å²) in [6.07, 6.45) is 5.37. The lowest BCUT2D eigenvalue weighted by Gasteiger charge is -2.21. The van der Waals surface area contributed by atoms with Crippen molar-refractivity contribution >= 4 is 11.4 Å². The average Bonchev–Trinajstić information content (AvgIpc) is 3.19. The van der Waals surface area contributed by atoms with Gasteiger partial charge in [0.25, 0.3) is 0 Å². The van der Waals surface area contributed by atoms with E-state index in [0.29, 0.717) is 0 Å². The van der Waals surface area contributed by atoms with Crippen LogP contribution in [-0.4, -0.2) is 13.1 Å². The predicted molar refractivity (Wildman–Crippen MR) is 88.0 cm³/mol. The van der Waals surface area contributed by atoms with E-state index < -0.39 is 0 Å². The SMILES string of the molecule is CCC(Nc1ccc(N2CCCC2)cc1C)c1ccco1. The van der Waals surface area contributed by atoms with Gasteiger partial charge in [0.2, 0.25) is 0 Å². The first-order chi connectivity index (χ1) is 10.3. The Morgan fingerprint density at radius 1 is 1.24 bits per heavy atom. The van der Waals surface area contributed by atoms with E-state index >= 15 is 0 Å². The Morgan fingerprint density at radius 3 is 2.67 bits per heavy atom. The highest BCUT2D eigenvalue weighted by atomic mass is 16.3. The molecule has 3 nitrogen and oxygen atoms in total. The lowest BCUT2D eigenvalue weighted by atomic mass is 10.1. The molecular weight excluding hydrogens is 260 g/mol. The minimum atomic E-state index is 0.233. The van der Waals surface area contributed by atoms with Gasteiger partial charge in [0, 0.05) is 24.5 Å². The lowest BCUT2D eigenvalue weighted by molar-refractivity contribution is 0.474. The highest BCUT2D eigenvalue weighted by Crippen LogP contribution is 2.29. The van der Waals surface area contributed by atoms with Gasteiger partial charge in [-0.05, 0) is 62.1 Å². The van der Waals surface area contributed by atoms with Crippen LogP contribution in [0.4, 0.5) is 11.4 Å². The molecule has 1 fully saturated rings. The van der Waals surface area contributed by atoms with Crippen molar-refractivity contribution in [2.24, 2.45) is 0 Å². The fraction of sp³-hybridized carbons (Fsp3) is 0.444. The molecule has 0 bridgehead atoms. The van der Waals surface area contributed by atoms with Crippen LogP contribution in [0.5, 0.6) is 0 Å². The van der Waals surface area contributed by atoms with E-state index in [9.17, 15) is 0 Å². The second-order valence-electron chi connectivity index (χ2n) is 5.81. The summed E-state index contributed by atoms with van der Waals surface area (Å²) < 4.78 is 5.53. The van der Waals surface area contributed by atoms with Crippen molar-refractivity contribution < 1.29 is 4.42 Å². The van der Waals surface area contributed by atoms with E-state index in [-0.39, 0.29) is 6.04 Å². The van der Waals surface area contributed by atoms with Crippen molar-refractivity contribution in [2.45, 2.75) is 39.2 Å². The van der Waals surface area contributed by atoms with Crippen LogP contribution in [0, 0.1) is 6.92 Å². The van der Waals surface area contributed by atoms with Gasteiger partial charge in [-0.1, -0.05) is 6.92 Å². The Morgan fingerprint density at radius 2 is 2.05 bits per heavy atom. The van der Waals surface area contributed by atoms with Crippen molar-refractivity contribution in [2.75, 3.05) is 23.3 Å².